The van der Waals surface area contributed by atoms with Crippen LogP contribution in [0.2, 0.25) is 0 Å². The minimum atomic E-state index is -2.95. The maximum Gasteiger partial charge on any atom is 0.230 e. The Labute approximate surface area is 109 Å². The van der Waals surface area contributed by atoms with Crippen LogP contribution in [0, 0.1) is 5.41 Å². The van der Waals surface area contributed by atoms with E-state index in [4.69, 9.17) is 0 Å². The van der Waals surface area contributed by atoms with Crippen molar-refractivity contribution in [2.24, 2.45) is 5.41 Å². The molecule has 0 aromatic carbocycles. The monoisotopic (exact) mass is 274 g/mol. The van der Waals surface area contributed by atoms with Gasteiger partial charge in [-0.2, -0.15) is 0 Å². The van der Waals surface area contributed by atoms with E-state index in [2.05, 4.69) is 5.32 Å². The zero-order valence-corrected chi connectivity index (χ0v) is 11.8. The van der Waals surface area contributed by atoms with Crippen LogP contribution in [0.1, 0.15) is 26.2 Å². The number of carbonyl (C=O) groups is 1. The molecule has 2 aliphatic rings. The topological polar surface area (TPSA) is 66.5 Å². The predicted molar refractivity (Wildman–Crippen MR) is 70.1 cm³/mol. The summed E-state index contributed by atoms with van der Waals surface area (Å²) in [4.78, 5) is 14.4. The Morgan fingerprint density at radius 1 is 1.33 bits per heavy atom. The van der Waals surface area contributed by atoms with Gasteiger partial charge in [0.1, 0.15) is 0 Å². The molecule has 0 aliphatic carbocycles. The third-order valence-corrected chi connectivity index (χ3v) is 5.93. The van der Waals surface area contributed by atoms with Gasteiger partial charge in [0.2, 0.25) is 5.91 Å². The summed E-state index contributed by atoms with van der Waals surface area (Å²) < 4.78 is 23.1. The molecule has 2 saturated heterocycles. The van der Waals surface area contributed by atoms with Gasteiger partial charge in [-0.1, -0.05) is 6.92 Å². The fourth-order valence-corrected chi connectivity index (χ4v) is 4.13. The molecule has 5 nitrogen and oxygen atoms in total. The number of nitrogens with one attached hydrogen (secondary N) is 1. The number of nitrogens with zero attached hydrogens (tertiary/aromatic N) is 1. The lowest BCUT2D eigenvalue weighted by molar-refractivity contribution is -0.141. The summed E-state index contributed by atoms with van der Waals surface area (Å²) in [6.07, 6.45) is 2.26. The summed E-state index contributed by atoms with van der Waals surface area (Å²) in [5.41, 5.74) is -0.298. The van der Waals surface area contributed by atoms with Gasteiger partial charge in [0.15, 0.2) is 9.84 Å². The molecule has 6 heteroatoms. The first-order valence-corrected chi connectivity index (χ1v) is 8.52. The summed E-state index contributed by atoms with van der Waals surface area (Å²) >= 11 is 0. The lowest BCUT2D eigenvalue weighted by atomic mass is 9.82. The van der Waals surface area contributed by atoms with Crippen LogP contribution in [0.15, 0.2) is 0 Å². The molecule has 18 heavy (non-hydrogen) atoms. The summed E-state index contributed by atoms with van der Waals surface area (Å²) in [5.74, 6) is 0.479. The van der Waals surface area contributed by atoms with E-state index in [0.29, 0.717) is 19.5 Å². The highest BCUT2D eigenvalue weighted by Crippen LogP contribution is 2.32. The van der Waals surface area contributed by atoms with Gasteiger partial charge in [-0.15, -0.1) is 0 Å². The average molecular weight is 274 g/mol. The summed E-state index contributed by atoms with van der Waals surface area (Å²) in [7, 11) is -2.95. The van der Waals surface area contributed by atoms with Crippen molar-refractivity contribution >= 4 is 15.7 Å². The van der Waals surface area contributed by atoms with Crippen LogP contribution >= 0.6 is 0 Å². The maximum absolute atomic E-state index is 12.6. The number of amides is 1. The van der Waals surface area contributed by atoms with Gasteiger partial charge in [0, 0.05) is 19.6 Å². The van der Waals surface area contributed by atoms with Gasteiger partial charge < -0.3 is 10.2 Å². The van der Waals surface area contributed by atoms with E-state index in [0.717, 1.165) is 25.9 Å². The van der Waals surface area contributed by atoms with E-state index < -0.39 is 9.84 Å². The van der Waals surface area contributed by atoms with Gasteiger partial charge in [-0.25, -0.2) is 8.42 Å². The van der Waals surface area contributed by atoms with Crippen LogP contribution in [-0.2, 0) is 14.6 Å². The molecule has 104 valence electrons. The van der Waals surface area contributed by atoms with Gasteiger partial charge >= 0.3 is 0 Å². The number of rotatable bonds is 2. The molecule has 0 aromatic heterocycles. The Morgan fingerprint density at radius 3 is 2.72 bits per heavy atom. The molecule has 2 heterocycles. The minimum absolute atomic E-state index is 0.117. The number of sulfone groups is 1. The lowest BCUT2D eigenvalue weighted by Crippen LogP contribution is -2.46. The number of hydrogen-bond donors (Lipinski definition) is 1. The molecule has 0 radical (unpaired) electrons. The molecule has 0 aromatic rings. The van der Waals surface area contributed by atoms with Crippen molar-refractivity contribution in [1.29, 1.82) is 0 Å². The molecule has 2 aliphatic heterocycles. The van der Waals surface area contributed by atoms with Gasteiger partial charge in [-0.3, -0.25) is 4.79 Å². The van der Waals surface area contributed by atoms with E-state index in [1.165, 1.54) is 0 Å². The largest absolute Gasteiger partial charge is 0.341 e. The quantitative estimate of drug-likeness (QED) is 0.771. The van der Waals surface area contributed by atoms with Crippen LogP contribution < -0.4 is 5.32 Å². The van der Waals surface area contributed by atoms with Crippen molar-refractivity contribution < 1.29 is 13.2 Å². The van der Waals surface area contributed by atoms with Crippen molar-refractivity contribution in [2.45, 2.75) is 26.2 Å². The highest BCUT2D eigenvalue weighted by molar-refractivity contribution is 7.91. The number of carbonyl (C=O) groups excluding carboxylic acids is 1. The molecule has 1 unspecified atom stereocenters. The smallest absolute Gasteiger partial charge is 0.230 e. The fraction of sp³-hybridized carbons (Fsp3) is 0.917. The van der Waals surface area contributed by atoms with Crippen LogP contribution in [-0.4, -0.2) is 56.9 Å². The van der Waals surface area contributed by atoms with Gasteiger partial charge in [0.05, 0.1) is 16.9 Å². The molecule has 0 spiro atoms. The summed E-state index contributed by atoms with van der Waals surface area (Å²) in [6.45, 7) is 4.60. The van der Waals surface area contributed by atoms with Gasteiger partial charge in [0.25, 0.3) is 0 Å². The minimum Gasteiger partial charge on any atom is -0.341 e. The van der Waals surface area contributed by atoms with Crippen LogP contribution in [0.3, 0.4) is 0 Å². The Balaban J connectivity index is 2.09. The standard InChI is InChI=1S/C12H22N2O3S/c1-2-12(4-5-13-10-12)11(15)14-6-3-8-18(16,17)9-7-14/h13H,2-10H2,1H3. The van der Waals surface area contributed by atoms with Crippen molar-refractivity contribution in [3.63, 3.8) is 0 Å². The van der Waals surface area contributed by atoms with E-state index in [-0.39, 0.29) is 22.8 Å². The van der Waals surface area contributed by atoms with Crippen LogP contribution in [0.25, 0.3) is 0 Å². The third-order valence-electron chi connectivity index (χ3n) is 4.22. The van der Waals surface area contributed by atoms with Crippen LogP contribution in [0.4, 0.5) is 0 Å². The lowest BCUT2D eigenvalue weighted by Gasteiger charge is -2.32. The second-order valence-electron chi connectivity index (χ2n) is 5.36. The molecule has 1 N–H and O–H groups in total. The highest BCUT2D eigenvalue weighted by atomic mass is 32.2. The van der Waals surface area contributed by atoms with E-state index in [1.807, 2.05) is 6.92 Å². The maximum atomic E-state index is 12.6. The Morgan fingerprint density at radius 2 is 2.11 bits per heavy atom. The molecule has 2 fully saturated rings. The normalized spacial score (nSPS) is 32.2. The van der Waals surface area contributed by atoms with E-state index in [9.17, 15) is 13.2 Å². The predicted octanol–water partition coefficient (Wildman–Crippen LogP) is 0.0232. The van der Waals surface area contributed by atoms with E-state index >= 15 is 0 Å². The first-order chi connectivity index (χ1) is 8.49. The van der Waals surface area contributed by atoms with E-state index in [1.54, 1.807) is 4.90 Å². The Hall–Kier alpha value is -0.620. The van der Waals surface area contributed by atoms with Crippen molar-refractivity contribution in [2.75, 3.05) is 37.7 Å². The molecule has 1 atom stereocenters. The first kappa shape index (κ1) is 13.8. The summed E-state index contributed by atoms with van der Waals surface area (Å²) in [6, 6.07) is 0. The molecule has 0 bridgehead atoms. The van der Waals surface area contributed by atoms with Gasteiger partial charge in [-0.05, 0) is 25.8 Å². The second kappa shape index (κ2) is 5.17. The fourth-order valence-electron chi connectivity index (χ4n) is 2.86. The molecular weight excluding hydrogens is 252 g/mol. The first-order valence-electron chi connectivity index (χ1n) is 6.70. The van der Waals surface area contributed by atoms with Crippen molar-refractivity contribution in [1.82, 2.24) is 10.2 Å². The molecule has 1 amide bonds. The second-order valence-corrected chi connectivity index (χ2v) is 7.66. The SMILES string of the molecule is CCC1(C(=O)N2CCCS(=O)(=O)CC2)CCNC1. The number of hydrogen-bond acceptors (Lipinski definition) is 4. The van der Waals surface area contributed by atoms with Crippen molar-refractivity contribution in [3.05, 3.63) is 0 Å². The highest BCUT2D eigenvalue weighted by Gasteiger charge is 2.42. The van der Waals surface area contributed by atoms with Crippen LogP contribution in [0.5, 0.6) is 0 Å². The molecule has 2 rings (SSSR count). The zero-order valence-electron chi connectivity index (χ0n) is 10.9. The Bertz CT molecular complexity index is 413. The molecule has 0 saturated carbocycles. The zero-order chi connectivity index (χ0) is 13.2. The average Bonchev–Trinajstić information content (AvgIpc) is 2.75. The Kier molecular flexibility index (Phi) is 3.96. The molecular formula is C12H22N2O3S. The third kappa shape index (κ3) is 2.69. The summed E-state index contributed by atoms with van der Waals surface area (Å²) in [5, 5.41) is 3.25. The van der Waals surface area contributed by atoms with Crippen molar-refractivity contribution in [3.8, 4) is 0 Å².